The number of amides is 1. The second-order valence-corrected chi connectivity index (χ2v) is 6.58. The number of carbonyl (C=O) groups is 1. The summed E-state index contributed by atoms with van der Waals surface area (Å²) >= 11 is 0. The van der Waals surface area contributed by atoms with Crippen molar-refractivity contribution in [3.63, 3.8) is 0 Å². The lowest BCUT2D eigenvalue weighted by Crippen LogP contribution is -2.19. The van der Waals surface area contributed by atoms with Gasteiger partial charge in [-0.05, 0) is 55.5 Å². The van der Waals surface area contributed by atoms with Gasteiger partial charge in [0.1, 0.15) is 5.75 Å². The Bertz CT molecular complexity index is 1130. The molecular weight excluding hydrogens is 372 g/mol. The fourth-order valence-corrected chi connectivity index (χ4v) is 3.14. The average molecular weight is 392 g/mol. The Morgan fingerprint density at radius 1 is 1.14 bits per heavy atom. The third-order valence-corrected chi connectivity index (χ3v) is 4.30. The number of nitrogens with zero attached hydrogens (tertiary/aromatic N) is 4. The largest absolute Gasteiger partial charge is 0.497 e. The molecule has 148 valence electrons. The number of aromatic amines is 1. The summed E-state index contributed by atoms with van der Waals surface area (Å²) in [5.41, 5.74) is 1.97. The van der Waals surface area contributed by atoms with Crippen LogP contribution in [-0.4, -0.2) is 44.3 Å². The van der Waals surface area contributed by atoms with Crippen LogP contribution < -0.4 is 14.8 Å². The highest BCUT2D eigenvalue weighted by molar-refractivity contribution is 6.10. The van der Waals surface area contributed by atoms with Crippen LogP contribution in [0.25, 0.3) is 16.6 Å². The van der Waals surface area contributed by atoms with E-state index in [9.17, 15) is 4.79 Å². The van der Waals surface area contributed by atoms with Crippen molar-refractivity contribution in [2.75, 3.05) is 12.4 Å². The van der Waals surface area contributed by atoms with E-state index in [4.69, 9.17) is 9.47 Å². The molecule has 0 saturated carbocycles. The van der Waals surface area contributed by atoms with Gasteiger partial charge in [-0.2, -0.15) is 5.21 Å². The molecular formula is C20H20N6O3. The van der Waals surface area contributed by atoms with Crippen molar-refractivity contribution in [2.24, 2.45) is 0 Å². The number of hydrogen-bond acceptors (Lipinski definition) is 6. The van der Waals surface area contributed by atoms with E-state index in [0.29, 0.717) is 11.4 Å². The van der Waals surface area contributed by atoms with Gasteiger partial charge in [0.25, 0.3) is 11.9 Å². The highest BCUT2D eigenvalue weighted by Gasteiger charge is 2.26. The molecule has 0 saturated heterocycles. The quantitative estimate of drug-likeness (QED) is 0.522. The van der Waals surface area contributed by atoms with Crippen LogP contribution in [0.15, 0.2) is 48.5 Å². The van der Waals surface area contributed by atoms with Gasteiger partial charge in [0.15, 0.2) is 11.4 Å². The van der Waals surface area contributed by atoms with Gasteiger partial charge in [0, 0.05) is 11.1 Å². The van der Waals surface area contributed by atoms with Gasteiger partial charge >= 0.3 is 0 Å². The van der Waals surface area contributed by atoms with Gasteiger partial charge < -0.3 is 14.0 Å². The van der Waals surface area contributed by atoms with Gasteiger partial charge in [-0.1, -0.05) is 17.2 Å². The topological polar surface area (TPSA) is 107 Å². The van der Waals surface area contributed by atoms with Crippen LogP contribution in [0.3, 0.4) is 0 Å². The van der Waals surface area contributed by atoms with Crippen molar-refractivity contribution in [1.82, 2.24) is 25.2 Å². The van der Waals surface area contributed by atoms with Gasteiger partial charge in [0.05, 0.1) is 18.7 Å². The van der Waals surface area contributed by atoms with Crippen molar-refractivity contribution in [3.8, 4) is 17.2 Å². The van der Waals surface area contributed by atoms with Crippen molar-refractivity contribution in [3.05, 3.63) is 54.2 Å². The lowest BCUT2D eigenvalue weighted by molar-refractivity contribution is 0.101. The molecule has 2 heterocycles. The maximum Gasteiger partial charge on any atom is 0.279 e. The molecule has 29 heavy (non-hydrogen) atoms. The lowest BCUT2D eigenvalue weighted by atomic mass is 10.2. The molecule has 1 amide bonds. The zero-order valence-electron chi connectivity index (χ0n) is 16.2. The zero-order valence-corrected chi connectivity index (χ0v) is 16.2. The Morgan fingerprint density at radius 2 is 1.90 bits per heavy atom. The highest BCUT2D eigenvalue weighted by Crippen LogP contribution is 2.37. The number of rotatable bonds is 6. The van der Waals surface area contributed by atoms with Crippen LogP contribution in [0, 0.1) is 0 Å². The zero-order chi connectivity index (χ0) is 20.4. The molecule has 0 spiro atoms. The van der Waals surface area contributed by atoms with Crippen LogP contribution in [0.5, 0.6) is 11.5 Å². The van der Waals surface area contributed by atoms with Gasteiger partial charge in [-0.15, -0.1) is 5.10 Å². The van der Waals surface area contributed by atoms with E-state index in [1.807, 2.05) is 66.9 Å². The summed E-state index contributed by atoms with van der Waals surface area (Å²) in [6.07, 6.45) is -0.123. The highest BCUT2D eigenvalue weighted by atomic mass is 16.5. The van der Waals surface area contributed by atoms with E-state index in [0.717, 1.165) is 22.3 Å². The number of fused-ring (bicyclic) bond motifs is 1. The molecule has 0 aliphatic rings. The Hall–Kier alpha value is -3.88. The Labute approximate surface area is 166 Å². The minimum atomic E-state index is -0.408. The third kappa shape index (κ3) is 3.49. The van der Waals surface area contributed by atoms with Gasteiger partial charge in [-0.3, -0.25) is 10.1 Å². The van der Waals surface area contributed by atoms with Gasteiger partial charge in [-0.25, -0.2) is 0 Å². The summed E-state index contributed by atoms with van der Waals surface area (Å²) in [5, 5.41) is 16.9. The molecule has 0 fully saturated rings. The van der Waals surface area contributed by atoms with E-state index < -0.39 is 5.91 Å². The summed E-state index contributed by atoms with van der Waals surface area (Å²) in [5.74, 6) is 0.889. The second-order valence-electron chi connectivity index (χ2n) is 6.58. The Morgan fingerprint density at radius 3 is 2.55 bits per heavy atom. The maximum absolute atomic E-state index is 13.2. The number of carbonyl (C=O) groups excluding carboxylic acids is 1. The number of tetrazole rings is 1. The molecule has 4 aromatic rings. The fourth-order valence-electron chi connectivity index (χ4n) is 3.14. The summed E-state index contributed by atoms with van der Waals surface area (Å²) in [6, 6.07) is 15.2. The first-order valence-corrected chi connectivity index (χ1v) is 9.07. The van der Waals surface area contributed by atoms with Crippen LogP contribution >= 0.6 is 0 Å². The van der Waals surface area contributed by atoms with Crippen LogP contribution in [0.4, 0.5) is 5.95 Å². The second kappa shape index (κ2) is 7.63. The first kappa shape index (κ1) is 18.5. The molecule has 0 aliphatic heterocycles. The summed E-state index contributed by atoms with van der Waals surface area (Å²) in [4.78, 5) is 13.2. The normalized spacial score (nSPS) is 11.0. The Balaban J connectivity index is 1.94. The number of hydrogen-bond donors (Lipinski definition) is 2. The first-order chi connectivity index (χ1) is 14.1. The maximum atomic E-state index is 13.2. The van der Waals surface area contributed by atoms with E-state index >= 15 is 0 Å². The van der Waals surface area contributed by atoms with Crippen molar-refractivity contribution in [2.45, 2.75) is 20.0 Å². The molecule has 2 aromatic heterocycles. The Kier molecular flexibility index (Phi) is 4.86. The van der Waals surface area contributed by atoms with Crippen molar-refractivity contribution in [1.29, 1.82) is 0 Å². The molecule has 0 unspecified atom stereocenters. The third-order valence-electron chi connectivity index (χ3n) is 4.30. The smallest absolute Gasteiger partial charge is 0.279 e. The SMILES string of the molecule is COc1ccc(-n2c(C(=O)Nc3nn[nH]n3)c(OC(C)C)c3ccccc32)cc1. The molecule has 9 heteroatoms. The van der Waals surface area contributed by atoms with Crippen LogP contribution in [0.1, 0.15) is 24.3 Å². The van der Waals surface area contributed by atoms with Crippen LogP contribution in [-0.2, 0) is 0 Å². The minimum Gasteiger partial charge on any atom is -0.497 e. The molecule has 0 atom stereocenters. The van der Waals surface area contributed by atoms with E-state index in [-0.39, 0.29) is 12.1 Å². The molecule has 4 rings (SSSR count). The number of ether oxygens (including phenoxy) is 2. The minimum absolute atomic E-state index is 0.0806. The molecule has 0 radical (unpaired) electrons. The molecule has 0 aliphatic carbocycles. The van der Waals surface area contributed by atoms with Crippen molar-refractivity contribution < 1.29 is 14.3 Å². The summed E-state index contributed by atoms with van der Waals surface area (Å²) in [7, 11) is 1.61. The van der Waals surface area contributed by atoms with Crippen LogP contribution in [0.2, 0.25) is 0 Å². The molecule has 2 aromatic carbocycles. The number of benzene rings is 2. The van der Waals surface area contributed by atoms with Crippen molar-refractivity contribution >= 4 is 22.8 Å². The van der Waals surface area contributed by atoms with E-state index in [1.54, 1.807) is 7.11 Å². The van der Waals surface area contributed by atoms with E-state index in [1.165, 1.54) is 0 Å². The number of nitrogens with one attached hydrogen (secondary N) is 2. The molecule has 2 N–H and O–H groups in total. The fraction of sp³-hybridized carbons (Fsp3) is 0.200. The standard InChI is InChI=1S/C20H20N6O3/c1-12(2)29-18-15-6-4-5-7-16(15)26(13-8-10-14(28-3)11-9-13)17(18)19(27)21-20-22-24-25-23-20/h4-12H,1-3H3,(H2,21,22,23,24,25,27). The molecule has 9 nitrogen and oxygen atoms in total. The predicted molar refractivity (Wildman–Crippen MR) is 108 cm³/mol. The summed E-state index contributed by atoms with van der Waals surface area (Å²) in [6.45, 7) is 3.83. The number of aromatic nitrogens is 5. The monoisotopic (exact) mass is 392 g/mol. The van der Waals surface area contributed by atoms with Gasteiger partial charge in [0.2, 0.25) is 0 Å². The molecule has 0 bridgehead atoms. The number of H-pyrrole nitrogens is 1. The lowest BCUT2D eigenvalue weighted by Gasteiger charge is -2.14. The number of para-hydroxylation sites is 1. The average Bonchev–Trinajstić information content (AvgIpc) is 3.34. The first-order valence-electron chi connectivity index (χ1n) is 9.07. The number of anilines is 1. The number of methoxy groups -OCH3 is 1. The summed E-state index contributed by atoms with van der Waals surface area (Å²) < 4.78 is 13.2. The van der Waals surface area contributed by atoms with E-state index in [2.05, 4.69) is 25.9 Å². The predicted octanol–water partition coefficient (Wildman–Crippen LogP) is 3.19.